The maximum atomic E-state index is 3.01. The first-order valence-corrected chi connectivity index (χ1v) is 21.0. The van der Waals surface area contributed by atoms with E-state index in [0.717, 1.165) is 30.3 Å². The normalized spacial score (nSPS) is 33.2. The molecule has 8 unspecified atom stereocenters. The highest BCUT2D eigenvalue weighted by atomic mass is 15.3. The molecule has 11 rings (SSSR count). The molecular formula is C48H55N3. The summed E-state index contributed by atoms with van der Waals surface area (Å²) < 4.78 is 2.60. The number of likely N-dealkylation sites (tertiary alicyclic amines) is 1. The highest BCUT2D eigenvalue weighted by molar-refractivity contribution is 5.67. The summed E-state index contributed by atoms with van der Waals surface area (Å²) in [4.78, 5) is 5.99. The molecule has 0 amide bonds. The van der Waals surface area contributed by atoms with Crippen LogP contribution in [-0.4, -0.2) is 33.6 Å². The minimum Gasteiger partial charge on any atom is -0.368 e. The van der Waals surface area contributed by atoms with Crippen LogP contribution in [0.5, 0.6) is 0 Å². The van der Waals surface area contributed by atoms with Gasteiger partial charge in [0.15, 0.2) is 0 Å². The Morgan fingerprint density at radius 2 is 1.59 bits per heavy atom. The van der Waals surface area contributed by atoms with Gasteiger partial charge in [-0.25, -0.2) is 0 Å². The van der Waals surface area contributed by atoms with Gasteiger partial charge in [0, 0.05) is 70.0 Å². The van der Waals surface area contributed by atoms with E-state index in [1.807, 2.05) is 0 Å². The van der Waals surface area contributed by atoms with Crippen molar-refractivity contribution in [3.63, 3.8) is 0 Å². The topological polar surface area (TPSA) is 11.4 Å². The van der Waals surface area contributed by atoms with Gasteiger partial charge < -0.3 is 14.4 Å². The van der Waals surface area contributed by atoms with Crippen LogP contribution in [0.4, 0.5) is 5.69 Å². The number of para-hydroxylation sites is 1. The highest BCUT2D eigenvalue weighted by Crippen LogP contribution is 2.55. The monoisotopic (exact) mass is 673 g/mol. The molecule has 262 valence electrons. The third-order valence-electron chi connectivity index (χ3n) is 14.8. The lowest BCUT2D eigenvalue weighted by Gasteiger charge is -2.42. The van der Waals surface area contributed by atoms with Gasteiger partial charge in [0.25, 0.3) is 0 Å². The third kappa shape index (κ3) is 4.89. The lowest BCUT2D eigenvalue weighted by molar-refractivity contribution is 0.141. The predicted molar refractivity (Wildman–Crippen MR) is 211 cm³/mol. The van der Waals surface area contributed by atoms with E-state index in [0.29, 0.717) is 23.9 Å². The van der Waals surface area contributed by atoms with E-state index in [4.69, 9.17) is 0 Å². The van der Waals surface area contributed by atoms with Crippen molar-refractivity contribution < 1.29 is 0 Å². The molecule has 2 aromatic carbocycles. The van der Waals surface area contributed by atoms with Gasteiger partial charge in [0.2, 0.25) is 0 Å². The average molecular weight is 674 g/mol. The second-order valence-corrected chi connectivity index (χ2v) is 17.4. The molecular weight excluding hydrogens is 619 g/mol. The van der Waals surface area contributed by atoms with Gasteiger partial charge >= 0.3 is 0 Å². The molecule has 8 aliphatic rings. The van der Waals surface area contributed by atoms with E-state index in [1.54, 1.807) is 28.2 Å². The molecule has 0 bridgehead atoms. The third-order valence-corrected chi connectivity index (χ3v) is 14.8. The number of hydrogen-bond donors (Lipinski definition) is 0. The van der Waals surface area contributed by atoms with Crippen LogP contribution < -0.4 is 15.5 Å². The number of aromatic nitrogens is 1. The quantitative estimate of drug-likeness (QED) is 0.256. The van der Waals surface area contributed by atoms with Gasteiger partial charge in [-0.05, 0) is 136 Å². The fourth-order valence-corrected chi connectivity index (χ4v) is 12.7. The summed E-state index contributed by atoms with van der Waals surface area (Å²) in [6.07, 6.45) is 38.8. The lowest BCUT2D eigenvalue weighted by Crippen LogP contribution is -2.45. The Hall–Kier alpha value is -3.72. The zero-order valence-electron chi connectivity index (χ0n) is 30.4. The number of anilines is 1. The standard InChI is InChI=1S/C48H55N3/c1-3-13-34(14-4-1)49-43-20-10-7-17-37(43)40-29-32(23-26-46(40)49)33-24-27-47-41(30-33)38-18-8-12-22-45(38)51(47)36-25-28-48-42(31-36)39-19-9-11-21-44(39)50(48)35-15-5-2-6-16-35/h1-5,8,13-14,18,24,26-30,32,35-36,38-39,42,44-45H,6-7,9-12,15-17,19-23,25,31H2. The second kappa shape index (κ2) is 12.5. The molecule has 0 radical (unpaired) electrons. The Morgan fingerprint density at radius 1 is 0.686 bits per heavy atom. The Balaban J connectivity index is 0.933. The van der Waals surface area contributed by atoms with E-state index in [9.17, 15) is 0 Å². The molecule has 2 fully saturated rings. The average Bonchev–Trinajstić information content (AvgIpc) is 3.83. The number of fused-ring (bicyclic) bond motifs is 9. The van der Waals surface area contributed by atoms with Gasteiger partial charge in [-0.15, -0.1) is 0 Å². The summed E-state index contributed by atoms with van der Waals surface area (Å²) >= 11 is 0. The molecule has 6 aliphatic carbocycles. The van der Waals surface area contributed by atoms with Gasteiger partial charge in [0.05, 0.1) is 0 Å². The lowest BCUT2D eigenvalue weighted by atomic mass is 9.74. The van der Waals surface area contributed by atoms with E-state index < -0.39 is 0 Å². The van der Waals surface area contributed by atoms with Gasteiger partial charge in [-0.3, -0.25) is 0 Å². The van der Waals surface area contributed by atoms with Crippen molar-refractivity contribution in [2.45, 2.75) is 139 Å². The fraction of sp³-hybridized carbons (Fsp3) is 0.500. The molecule has 8 atom stereocenters. The minimum absolute atomic E-state index is 0.447. The smallest absolute Gasteiger partial charge is 0.0491 e. The summed E-state index contributed by atoms with van der Waals surface area (Å²) in [5, 5.41) is 2.98. The number of hydrogen-bond acceptors (Lipinski definition) is 2. The molecule has 2 aliphatic heterocycles. The zero-order chi connectivity index (χ0) is 33.5. The summed E-state index contributed by atoms with van der Waals surface area (Å²) in [5.74, 6) is 2.61. The van der Waals surface area contributed by atoms with E-state index >= 15 is 0 Å². The Kier molecular flexibility index (Phi) is 7.54. The summed E-state index contributed by atoms with van der Waals surface area (Å²) in [6.45, 7) is 0. The molecule has 1 saturated heterocycles. The molecule has 0 N–H and O–H groups in total. The number of allylic oxidation sites excluding steroid dienone is 3. The first-order valence-electron chi connectivity index (χ1n) is 21.0. The zero-order valence-corrected chi connectivity index (χ0v) is 30.4. The molecule has 3 aromatic rings. The molecule has 0 spiro atoms. The van der Waals surface area contributed by atoms with Crippen LogP contribution in [0, 0.1) is 11.8 Å². The minimum atomic E-state index is 0.447. The van der Waals surface area contributed by atoms with Gasteiger partial charge in [0.1, 0.15) is 0 Å². The van der Waals surface area contributed by atoms with E-state index in [2.05, 4.69) is 105 Å². The van der Waals surface area contributed by atoms with Crippen LogP contribution in [0.1, 0.15) is 124 Å². The van der Waals surface area contributed by atoms with Crippen LogP contribution in [0.3, 0.4) is 0 Å². The van der Waals surface area contributed by atoms with Gasteiger partial charge in [-0.2, -0.15) is 0 Å². The first-order chi connectivity index (χ1) is 25.3. The van der Waals surface area contributed by atoms with Crippen LogP contribution in [0.15, 0.2) is 84.6 Å². The summed E-state index contributed by atoms with van der Waals surface area (Å²) in [7, 11) is 0. The highest BCUT2D eigenvalue weighted by Gasteiger charge is 2.51. The maximum absolute atomic E-state index is 3.01. The maximum Gasteiger partial charge on any atom is 0.0491 e. The Morgan fingerprint density at radius 3 is 2.51 bits per heavy atom. The Bertz CT molecular complexity index is 2040. The van der Waals surface area contributed by atoms with Crippen molar-refractivity contribution >= 4 is 17.8 Å². The summed E-state index contributed by atoms with van der Waals surface area (Å²) in [5.41, 5.74) is 11.0. The predicted octanol–water partition coefficient (Wildman–Crippen LogP) is 9.37. The second-order valence-electron chi connectivity index (χ2n) is 17.4. The molecule has 1 aromatic heterocycles. The number of benzene rings is 2. The molecule has 3 heteroatoms. The van der Waals surface area contributed by atoms with E-state index in [-0.39, 0.29) is 0 Å². The van der Waals surface area contributed by atoms with Crippen molar-refractivity contribution in [3.8, 4) is 5.69 Å². The summed E-state index contributed by atoms with van der Waals surface area (Å²) in [6, 6.07) is 21.7. The fourth-order valence-electron chi connectivity index (χ4n) is 12.7. The van der Waals surface area contributed by atoms with Crippen molar-refractivity contribution in [2.75, 3.05) is 4.90 Å². The number of nitrogens with zero attached hydrogens (tertiary/aromatic N) is 3. The molecule has 1 saturated carbocycles. The van der Waals surface area contributed by atoms with Crippen molar-refractivity contribution in [3.05, 3.63) is 118 Å². The molecule has 3 nitrogen and oxygen atoms in total. The van der Waals surface area contributed by atoms with Crippen molar-refractivity contribution in [2.24, 2.45) is 11.8 Å². The van der Waals surface area contributed by atoms with Crippen LogP contribution in [0.25, 0.3) is 17.8 Å². The SMILES string of the molecule is C1=CCC(N2C3=CCC(N4c5ccc(C6C=c7c8c(n(-c9ccccc9)c7=CC6)CCCC8)cc5C5C=CCCC54)CC3C3CCCCC32)CC1. The van der Waals surface area contributed by atoms with Crippen molar-refractivity contribution in [1.29, 1.82) is 0 Å². The van der Waals surface area contributed by atoms with Crippen LogP contribution in [-0.2, 0) is 12.8 Å². The largest absolute Gasteiger partial charge is 0.368 e. The van der Waals surface area contributed by atoms with Crippen LogP contribution >= 0.6 is 0 Å². The van der Waals surface area contributed by atoms with Crippen molar-refractivity contribution in [1.82, 2.24) is 9.47 Å². The Labute approximate surface area is 305 Å². The van der Waals surface area contributed by atoms with E-state index in [1.165, 1.54) is 118 Å². The van der Waals surface area contributed by atoms with Gasteiger partial charge in [-0.1, -0.05) is 85.7 Å². The first kappa shape index (κ1) is 30.9. The number of rotatable bonds is 4. The molecule has 3 heterocycles. The molecule has 51 heavy (non-hydrogen) atoms. The van der Waals surface area contributed by atoms with Crippen LogP contribution in [0.2, 0.25) is 0 Å².